The highest BCUT2D eigenvalue weighted by molar-refractivity contribution is 5.80. The number of likely N-dealkylation sites (tertiary alicyclic amines) is 1. The Morgan fingerprint density at radius 1 is 1.18 bits per heavy atom. The number of ether oxygens (including phenoxy) is 2. The fraction of sp³-hybridized carbons (Fsp3) is 0.850. The first-order valence-electron chi connectivity index (χ1n) is 10.4. The largest absolute Gasteiger partial charge is 0.466 e. The normalized spacial score (nSPS) is 15.9. The smallest absolute Gasteiger partial charge is 0.410 e. The number of hydrogen-bond acceptors (Lipinski definition) is 5. The third kappa shape index (κ3) is 8.35. The molecule has 1 rings (SSSR count). The topological polar surface area (TPSA) is 83.5 Å². The van der Waals surface area contributed by atoms with Gasteiger partial charge in [-0.2, -0.15) is 0 Å². The van der Waals surface area contributed by atoms with Crippen molar-refractivity contribution in [3.63, 3.8) is 0 Å². The Balaban J connectivity index is 2.60. The first kappa shape index (κ1) is 24.0. The Hall–Kier alpha value is -1.99. The van der Waals surface area contributed by atoms with Gasteiger partial charge in [-0.1, -0.05) is 0 Å². The summed E-state index contributed by atoms with van der Waals surface area (Å²) in [5, 5.41) is 3.31. The zero-order valence-electron chi connectivity index (χ0n) is 18.4. The average molecular weight is 399 g/mol. The van der Waals surface area contributed by atoms with Crippen LogP contribution < -0.4 is 5.32 Å². The van der Waals surface area contributed by atoms with Crippen LogP contribution in [-0.4, -0.2) is 79.3 Å². The molecule has 8 heteroatoms. The lowest BCUT2D eigenvalue weighted by molar-refractivity contribution is -0.149. The van der Waals surface area contributed by atoms with Crippen LogP contribution in [0.2, 0.25) is 0 Å². The van der Waals surface area contributed by atoms with Crippen molar-refractivity contribution in [3.8, 4) is 0 Å². The Bertz CT molecular complexity index is 523. The van der Waals surface area contributed by atoms with E-state index in [-0.39, 0.29) is 18.0 Å². The van der Waals surface area contributed by atoms with Crippen LogP contribution in [0, 0.1) is 5.92 Å². The standard InChI is InChI=1S/C20H38N4O4/c1-7-21-18(24-13-10-16(11-14-24)17(25)27-9-3)22-12-15-23(8-2)19(26)28-20(4,5)6/h16H,7-15H2,1-6H3,(H,21,22). The SMILES string of the molecule is CCNC(=NCCN(CC)C(=O)OC(C)(C)C)N1CCC(C(=O)OCC)CC1. The molecule has 0 aromatic heterocycles. The molecule has 0 spiro atoms. The molecule has 0 unspecified atom stereocenters. The maximum absolute atomic E-state index is 12.2. The lowest BCUT2D eigenvalue weighted by Gasteiger charge is -2.33. The summed E-state index contributed by atoms with van der Waals surface area (Å²) in [7, 11) is 0. The molecule has 1 fully saturated rings. The van der Waals surface area contributed by atoms with E-state index < -0.39 is 5.60 Å². The average Bonchev–Trinajstić information content (AvgIpc) is 2.63. The Labute approximate surface area is 169 Å². The highest BCUT2D eigenvalue weighted by Gasteiger charge is 2.27. The summed E-state index contributed by atoms with van der Waals surface area (Å²) in [5.41, 5.74) is -0.508. The summed E-state index contributed by atoms with van der Waals surface area (Å²) < 4.78 is 10.6. The van der Waals surface area contributed by atoms with Crippen LogP contribution in [0.5, 0.6) is 0 Å². The predicted molar refractivity (Wildman–Crippen MR) is 110 cm³/mol. The van der Waals surface area contributed by atoms with Gasteiger partial charge in [0.1, 0.15) is 5.60 Å². The van der Waals surface area contributed by atoms with Crippen LogP contribution >= 0.6 is 0 Å². The maximum Gasteiger partial charge on any atom is 0.410 e. The number of nitrogens with one attached hydrogen (secondary N) is 1. The minimum absolute atomic E-state index is 0.0261. The first-order chi connectivity index (χ1) is 13.2. The van der Waals surface area contributed by atoms with E-state index in [9.17, 15) is 9.59 Å². The van der Waals surface area contributed by atoms with Crippen molar-refractivity contribution < 1.29 is 19.1 Å². The third-order valence-corrected chi connectivity index (χ3v) is 4.41. The van der Waals surface area contributed by atoms with Crippen LogP contribution in [0.3, 0.4) is 0 Å². The minimum atomic E-state index is -0.508. The number of nitrogens with zero attached hydrogens (tertiary/aromatic N) is 3. The van der Waals surface area contributed by atoms with Crippen molar-refractivity contribution in [1.82, 2.24) is 15.1 Å². The molecule has 0 aromatic carbocycles. The summed E-state index contributed by atoms with van der Waals surface area (Å²) in [5.74, 6) is 0.701. The van der Waals surface area contributed by atoms with Crippen LogP contribution in [-0.2, 0) is 14.3 Å². The van der Waals surface area contributed by atoms with Gasteiger partial charge in [-0.25, -0.2) is 4.79 Å². The molecule has 0 atom stereocenters. The van der Waals surface area contributed by atoms with E-state index in [1.54, 1.807) is 4.90 Å². The van der Waals surface area contributed by atoms with Crippen LogP contribution in [0.4, 0.5) is 4.79 Å². The second-order valence-electron chi connectivity index (χ2n) is 7.81. The van der Waals surface area contributed by atoms with Gasteiger partial charge in [-0.15, -0.1) is 0 Å². The molecule has 8 nitrogen and oxygen atoms in total. The molecule has 0 bridgehead atoms. The van der Waals surface area contributed by atoms with Gasteiger partial charge < -0.3 is 24.6 Å². The van der Waals surface area contributed by atoms with E-state index in [1.807, 2.05) is 41.5 Å². The molecule has 1 aliphatic heterocycles. The van der Waals surface area contributed by atoms with E-state index in [2.05, 4.69) is 15.2 Å². The molecule has 0 aliphatic carbocycles. The van der Waals surface area contributed by atoms with Gasteiger partial charge in [0.25, 0.3) is 0 Å². The van der Waals surface area contributed by atoms with E-state index in [4.69, 9.17) is 9.47 Å². The molecule has 0 aromatic rings. The van der Waals surface area contributed by atoms with Gasteiger partial charge in [-0.05, 0) is 54.4 Å². The Morgan fingerprint density at radius 2 is 1.82 bits per heavy atom. The molecule has 1 saturated heterocycles. The van der Waals surface area contributed by atoms with Crippen molar-refractivity contribution in [2.45, 2.75) is 60.0 Å². The number of aliphatic imine (C=N–C) groups is 1. The van der Waals surface area contributed by atoms with E-state index in [1.165, 1.54) is 0 Å². The van der Waals surface area contributed by atoms with E-state index in [0.29, 0.717) is 26.2 Å². The zero-order chi connectivity index (χ0) is 21.2. The van der Waals surface area contributed by atoms with Crippen molar-refractivity contribution in [1.29, 1.82) is 0 Å². The Kier molecular flexibility index (Phi) is 10.1. The molecule has 162 valence electrons. The van der Waals surface area contributed by atoms with Crippen molar-refractivity contribution >= 4 is 18.0 Å². The lowest BCUT2D eigenvalue weighted by atomic mass is 9.97. The number of likely N-dealkylation sites (N-methyl/N-ethyl adjacent to an activating group) is 1. The summed E-state index contributed by atoms with van der Waals surface area (Å²) in [6.07, 6.45) is 1.22. The number of hydrogen-bond donors (Lipinski definition) is 1. The molecular weight excluding hydrogens is 360 g/mol. The first-order valence-corrected chi connectivity index (χ1v) is 10.4. The molecule has 1 heterocycles. The molecule has 1 amide bonds. The Morgan fingerprint density at radius 3 is 2.32 bits per heavy atom. The highest BCUT2D eigenvalue weighted by atomic mass is 16.6. The third-order valence-electron chi connectivity index (χ3n) is 4.41. The number of carbonyl (C=O) groups is 2. The molecule has 0 radical (unpaired) electrons. The zero-order valence-corrected chi connectivity index (χ0v) is 18.4. The second kappa shape index (κ2) is 11.8. The fourth-order valence-corrected chi connectivity index (χ4v) is 2.99. The summed E-state index contributed by atoms with van der Waals surface area (Å²) in [6.45, 7) is 15.7. The summed E-state index contributed by atoms with van der Waals surface area (Å²) in [6, 6.07) is 0. The summed E-state index contributed by atoms with van der Waals surface area (Å²) in [4.78, 5) is 32.6. The number of esters is 1. The van der Waals surface area contributed by atoms with Gasteiger partial charge >= 0.3 is 12.1 Å². The number of carbonyl (C=O) groups excluding carboxylic acids is 2. The summed E-state index contributed by atoms with van der Waals surface area (Å²) >= 11 is 0. The van der Waals surface area contributed by atoms with Crippen LogP contribution in [0.1, 0.15) is 54.4 Å². The van der Waals surface area contributed by atoms with Gasteiger partial charge in [-0.3, -0.25) is 9.79 Å². The molecule has 28 heavy (non-hydrogen) atoms. The molecule has 1 aliphatic rings. The second-order valence-corrected chi connectivity index (χ2v) is 7.81. The number of piperidine rings is 1. The number of amides is 1. The van der Waals surface area contributed by atoms with Gasteiger partial charge in [0.2, 0.25) is 0 Å². The molecular formula is C20H38N4O4. The highest BCUT2D eigenvalue weighted by Crippen LogP contribution is 2.18. The molecule has 1 N–H and O–H groups in total. The predicted octanol–water partition coefficient (Wildman–Crippen LogP) is 2.48. The molecule has 0 saturated carbocycles. The van der Waals surface area contributed by atoms with Crippen molar-refractivity contribution in [2.75, 3.05) is 45.9 Å². The van der Waals surface area contributed by atoms with Crippen LogP contribution in [0.25, 0.3) is 0 Å². The van der Waals surface area contributed by atoms with Gasteiger partial charge in [0, 0.05) is 32.7 Å². The van der Waals surface area contributed by atoms with E-state index in [0.717, 1.165) is 38.4 Å². The number of rotatable bonds is 7. The van der Waals surface area contributed by atoms with Crippen LogP contribution in [0.15, 0.2) is 4.99 Å². The quantitative estimate of drug-likeness (QED) is 0.403. The van der Waals surface area contributed by atoms with E-state index >= 15 is 0 Å². The van der Waals surface area contributed by atoms with Crippen molar-refractivity contribution in [3.05, 3.63) is 0 Å². The lowest BCUT2D eigenvalue weighted by Crippen LogP contribution is -2.47. The minimum Gasteiger partial charge on any atom is -0.466 e. The maximum atomic E-state index is 12.2. The van der Waals surface area contributed by atoms with Gasteiger partial charge in [0.15, 0.2) is 5.96 Å². The number of guanidine groups is 1. The fourth-order valence-electron chi connectivity index (χ4n) is 2.99. The van der Waals surface area contributed by atoms with Crippen molar-refractivity contribution in [2.24, 2.45) is 10.9 Å². The monoisotopic (exact) mass is 398 g/mol. The van der Waals surface area contributed by atoms with Gasteiger partial charge in [0.05, 0.1) is 19.1 Å².